The van der Waals surface area contributed by atoms with Crippen LogP contribution >= 0.6 is 0 Å². The van der Waals surface area contributed by atoms with Crippen LogP contribution in [0, 0.1) is 22.7 Å². The van der Waals surface area contributed by atoms with Gasteiger partial charge in [-0.3, -0.25) is 9.69 Å². The molecule has 0 rings (SSSR count). The molecular formula is C12H23N3O. The van der Waals surface area contributed by atoms with Crippen molar-refractivity contribution in [1.29, 1.82) is 5.26 Å². The number of rotatable bonds is 7. The van der Waals surface area contributed by atoms with Crippen molar-refractivity contribution in [3.8, 4) is 6.07 Å². The first-order chi connectivity index (χ1) is 7.26. The van der Waals surface area contributed by atoms with E-state index in [0.717, 1.165) is 19.5 Å². The van der Waals surface area contributed by atoms with Crippen molar-refractivity contribution in [1.82, 2.24) is 4.90 Å². The van der Waals surface area contributed by atoms with E-state index < -0.39 is 0 Å². The number of nitrogens with zero attached hydrogens (tertiary/aromatic N) is 2. The zero-order chi connectivity index (χ0) is 12.8. The number of carbonyl (C=O) groups is 1. The molecule has 4 nitrogen and oxygen atoms in total. The maximum atomic E-state index is 10.9. The summed E-state index contributed by atoms with van der Waals surface area (Å²) in [6.45, 7) is 9.87. The summed E-state index contributed by atoms with van der Waals surface area (Å²) in [4.78, 5) is 12.9. The molecule has 2 N–H and O–H groups in total. The maximum Gasteiger partial charge on any atom is 0.231 e. The molecule has 0 aromatic rings. The zero-order valence-corrected chi connectivity index (χ0v) is 10.8. The van der Waals surface area contributed by atoms with Crippen LogP contribution in [-0.2, 0) is 4.79 Å². The minimum Gasteiger partial charge on any atom is -0.369 e. The molecule has 0 radical (unpaired) electrons. The van der Waals surface area contributed by atoms with Gasteiger partial charge in [0.2, 0.25) is 5.91 Å². The highest BCUT2D eigenvalue weighted by Gasteiger charge is 2.19. The lowest BCUT2D eigenvalue weighted by molar-refractivity contribution is -0.119. The summed E-state index contributed by atoms with van der Waals surface area (Å²) >= 11 is 0. The third-order valence-corrected chi connectivity index (χ3v) is 2.36. The van der Waals surface area contributed by atoms with Crippen LogP contribution in [0.2, 0.25) is 0 Å². The first kappa shape index (κ1) is 14.9. The van der Waals surface area contributed by atoms with Crippen molar-refractivity contribution in [3.63, 3.8) is 0 Å². The monoisotopic (exact) mass is 225 g/mol. The fourth-order valence-corrected chi connectivity index (χ4v) is 1.47. The minimum atomic E-state index is -0.340. The molecule has 16 heavy (non-hydrogen) atoms. The van der Waals surface area contributed by atoms with Gasteiger partial charge in [0.05, 0.1) is 18.0 Å². The highest BCUT2D eigenvalue weighted by atomic mass is 16.1. The van der Waals surface area contributed by atoms with E-state index in [2.05, 4.69) is 19.9 Å². The fourth-order valence-electron chi connectivity index (χ4n) is 1.47. The topological polar surface area (TPSA) is 70.1 Å². The van der Waals surface area contributed by atoms with Crippen LogP contribution in [-0.4, -0.2) is 30.4 Å². The van der Waals surface area contributed by atoms with Crippen LogP contribution in [0.4, 0.5) is 0 Å². The first-order valence-electron chi connectivity index (χ1n) is 5.69. The van der Waals surface area contributed by atoms with Crippen molar-refractivity contribution in [2.75, 3.05) is 19.6 Å². The molecule has 0 fully saturated rings. The number of nitriles is 1. The van der Waals surface area contributed by atoms with Crippen LogP contribution in [0.5, 0.6) is 0 Å². The van der Waals surface area contributed by atoms with Gasteiger partial charge in [-0.05, 0) is 26.2 Å². The van der Waals surface area contributed by atoms with E-state index in [4.69, 9.17) is 11.0 Å². The molecule has 0 heterocycles. The molecule has 0 saturated carbocycles. The van der Waals surface area contributed by atoms with Gasteiger partial charge in [0.1, 0.15) is 0 Å². The Morgan fingerprint density at radius 3 is 2.44 bits per heavy atom. The summed E-state index contributed by atoms with van der Waals surface area (Å²) in [7, 11) is 0. The fraction of sp³-hybridized carbons (Fsp3) is 0.833. The maximum absolute atomic E-state index is 10.9. The highest BCUT2D eigenvalue weighted by molar-refractivity contribution is 5.75. The average molecular weight is 225 g/mol. The summed E-state index contributed by atoms with van der Waals surface area (Å²) in [6.07, 6.45) is 0.753. The molecule has 0 atom stereocenters. The molecule has 0 aromatic carbocycles. The van der Waals surface area contributed by atoms with Gasteiger partial charge < -0.3 is 5.73 Å². The summed E-state index contributed by atoms with van der Waals surface area (Å²) in [5, 5.41) is 8.91. The van der Waals surface area contributed by atoms with Gasteiger partial charge in [-0.15, -0.1) is 0 Å². The van der Waals surface area contributed by atoms with Crippen molar-refractivity contribution in [2.24, 2.45) is 17.1 Å². The minimum absolute atomic E-state index is 0.277. The molecule has 0 unspecified atom stereocenters. The summed E-state index contributed by atoms with van der Waals surface area (Å²) in [5.41, 5.74) is 4.85. The predicted octanol–water partition coefficient (Wildman–Crippen LogP) is 1.37. The van der Waals surface area contributed by atoms with E-state index >= 15 is 0 Å². The second kappa shape index (κ2) is 6.49. The van der Waals surface area contributed by atoms with Gasteiger partial charge in [-0.2, -0.15) is 5.26 Å². The molecular weight excluding hydrogens is 202 g/mol. The summed E-state index contributed by atoms with van der Waals surface area (Å²) in [5.74, 6) is 0.181. The smallest absolute Gasteiger partial charge is 0.231 e. The van der Waals surface area contributed by atoms with Gasteiger partial charge in [0.15, 0.2) is 0 Å². The van der Waals surface area contributed by atoms with Crippen molar-refractivity contribution in [2.45, 2.75) is 34.1 Å². The van der Waals surface area contributed by atoms with Gasteiger partial charge in [0.25, 0.3) is 0 Å². The Kier molecular flexibility index (Phi) is 6.05. The average Bonchev–Trinajstić information content (AvgIpc) is 2.13. The van der Waals surface area contributed by atoms with Gasteiger partial charge in [-0.1, -0.05) is 13.8 Å². The molecule has 1 amide bonds. The predicted molar refractivity (Wildman–Crippen MR) is 64.5 cm³/mol. The number of primary amides is 1. The molecule has 0 bridgehead atoms. The van der Waals surface area contributed by atoms with Gasteiger partial charge >= 0.3 is 0 Å². The number of carbonyl (C=O) groups excluding carboxylic acids is 1. The normalized spacial score (nSPS) is 11.8. The molecule has 0 aromatic heterocycles. The van der Waals surface area contributed by atoms with Crippen molar-refractivity contribution < 1.29 is 4.79 Å². The standard InChI is InChI=1S/C12H23N3O/c1-10(2)7-15(8-11(14)16)6-5-12(3,4)9-13/h10H,5-8H2,1-4H3,(H2,14,16). The van der Waals surface area contributed by atoms with Crippen LogP contribution < -0.4 is 5.73 Å². The van der Waals surface area contributed by atoms with Gasteiger partial charge in [-0.25, -0.2) is 0 Å². The first-order valence-corrected chi connectivity index (χ1v) is 5.69. The summed E-state index contributed by atoms with van der Waals surface area (Å²) in [6, 6.07) is 2.26. The molecule has 4 heteroatoms. The number of nitrogens with two attached hydrogens (primary N) is 1. The van der Waals surface area contributed by atoms with Gasteiger partial charge in [0, 0.05) is 13.1 Å². The van der Waals surface area contributed by atoms with Crippen LogP contribution in [0.1, 0.15) is 34.1 Å². The molecule has 0 saturated heterocycles. The molecule has 0 aliphatic carbocycles. The molecule has 92 valence electrons. The number of hydrogen-bond acceptors (Lipinski definition) is 3. The highest BCUT2D eigenvalue weighted by Crippen LogP contribution is 2.19. The Hall–Kier alpha value is -1.08. The summed E-state index contributed by atoms with van der Waals surface area (Å²) < 4.78 is 0. The van der Waals surface area contributed by atoms with E-state index in [-0.39, 0.29) is 17.9 Å². The SMILES string of the molecule is CC(C)CN(CCC(C)(C)C#N)CC(N)=O. The lowest BCUT2D eigenvalue weighted by atomic mass is 9.91. The number of hydrogen-bond donors (Lipinski definition) is 1. The van der Waals surface area contributed by atoms with Crippen LogP contribution in [0.25, 0.3) is 0 Å². The Bertz CT molecular complexity index is 266. The van der Waals surface area contributed by atoms with E-state index in [9.17, 15) is 4.79 Å². The molecule has 0 spiro atoms. The molecule has 0 aliphatic heterocycles. The second-order valence-corrected chi connectivity index (χ2v) is 5.34. The Balaban J connectivity index is 4.22. The lowest BCUT2D eigenvalue weighted by Gasteiger charge is -2.25. The Labute approximate surface area is 98.4 Å². The van der Waals surface area contributed by atoms with E-state index in [1.54, 1.807) is 0 Å². The van der Waals surface area contributed by atoms with Crippen LogP contribution in [0.15, 0.2) is 0 Å². The van der Waals surface area contributed by atoms with Crippen LogP contribution in [0.3, 0.4) is 0 Å². The van der Waals surface area contributed by atoms with Crippen molar-refractivity contribution in [3.05, 3.63) is 0 Å². The van der Waals surface area contributed by atoms with E-state index in [1.165, 1.54) is 0 Å². The Morgan fingerprint density at radius 2 is 2.06 bits per heavy atom. The second-order valence-electron chi connectivity index (χ2n) is 5.34. The number of amides is 1. The van der Waals surface area contributed by atoms with Crippen molar-refractivity contribution >= 4 is 5.91 Å². The van der Waals surface area contributed by atoms with E-state index in [1.807, 2.05) is 18.7 Å². The van der Waals surface area contributed by atoms with E-state index in [0.29, 0.717) is 5.92 Å². The molecule has 0 aliphatic rings. The zero-order valence-electron chi connectivity index (χ0n) is 10.8. The third kappa shape index (κ3) is 7.24. The third-order valence-electron chi connectivity index (χ3n) is 2.36. The lowest BCUT2D eigenvalue weighted by Crippen LogP contribution is -2.38. The largest absolute Gasteiger partial charge is 0.369 e. The Morgan fingerprint density at radius 1 is 1.50 bits per heavy atom. The quantitative estimate of drug-likeness (QED) is 0.711.